The van der Waals surface area contributed by atoms with Crippen LogP contribution in [0.15, 0.2) is 0 Å². The lowest BCUT2D eigenvalue weighted by atomic mass is 9.98. The molecule has 0 aromatic rings. The lowest BCUT2D eigenvalue weighted by molar-refractivity contribution is -0.287. The van der Waals surface area contributed by atoms with Crippen LogP contribution < -0.4 is 0 Å². The van der Waals surface area contributed by atoms with Crippen molar-refractivity contribution in [1.29, 1.82) is 0 Å². The first-order valence-corrected chi connectivity index (χ1v) is 14.3. The number of thioether (sulfide) groups is 1. The highest BCUT2D eigenvalue weighted by Gasteiger charge is 2.55. The highest BCUT2D eigenvalue weighted by molar-refractivity contribution is 7.99. The van der Waals surface area contributed by atoms with Gasteiger partial charge in [-0.05, 0) is 0 Å². The fourth-order valence-corrected chi connectivity index (χ4v) is 5.79. The second kappa shape index (κ2) is 16.6. The minimum atomic E-state index is -1.84. The highest BCUT2D eigenvalue weighted by Crippen LogP contribution is 2.37. The topological polar surface area (TPSA) is 223 Å². The molecule has 44 heavy (non-hydrogen) atoms. The predicted molar refractivity (Wildman–Crippen MR) is 142 cm³/mol. The van der Waals surface area contributed by atoms with E-state index in [1.54, 1.807) is 0 Å². The Balaban J connectivity index is 2.48. The second-order valence-corrected chi connectivity index (χ2v) is 10.8. The minimum absolute atomic E-state index is 0.229. The summed E-state index contributed by atoms with van der Waals surface area (Å²) in [4.78, 5) is 83.3. The van der Waals surface area contributed by atoms with Crippen molar-refractivity contribution in [3.05, 3.63) is 0 Å². The summed E-state index contributed by atoms with van der Waals surface area (Å²) < 4.78 is 48.6. The molecule has 0 radical (unpaired) electrons. The van der Waals surface area contributed by atoms with Crippen LogP contribution in [0.5, 0.6) is 0 Å². The molecular weight excluding hydrogens is 616 g/mol. The molecule has 17 nitrogen and oxygen atoms in total. The minimum Gasteiger partial charge on any atom is -0.463 e. The van der Waals surface area contributed by atoms with Gasteiger partial charge >= 0.3 is 41.8 Å². The zero-order valence-corrected chi connectivity index (χ0v) is 25.9. The first-order chi connectivity index (χ1) is 20.5. The summed E-state index contributed by atoms with van der Waals surface area (Å²) in [6.45, 7) is 7.08. The summed E-state index contributed by atoms with van der Waals surface area (Å²) in [7, 11) is 0. The zero-order chi connectivity index (χ0) is 33.3. The van der Waals surface area contributed by atoms with Crippen molar-refractivity contribution in [3.63, 3.8) is 0 Å². The number of aliphatic hydroxyl groups excluding tert-OH is 1. The molecule has 1 unspecified atom stereocenters. The summed E-state index contributed by atoms with van der Waals surface area (Å²) in [5, 5.41) is 10.7. The second-order valence-electron chi connectivity index (χ2n) is 9.69. The average molecular weight is 653 g/mol. The molecule has 248 valence electrons. The number of carbonyl (C=O) groups excluding carboxylic acids is 7. The summed E-state index contributed by atoms with van der Waals surface area (Å²) in [6, 6.07) is 0. The van der Waals surface area contributed by atoms with Crippen LogP contribution in [0, 0.1) is 0 Å². The first kappa shape index (κ1) is 36.7. The molecule has 10 atom stereocenters. The quantitative estimate of drug-likeness (QED) is 0.215. The van der Waals surface area contributed by atoms with E-state index in [0.29, 0.717) is 0 Å². The van der Waals surface area contributed by atoms with Gasteiger partial charge < -0.3 is 47.7 Å². The third-order valence-corrected chi connectivity index (χ3v) is 7.12. The molecule has 2 fully saturated rings. The summed E-state index contributed by atoms with van der Waals surface area (Å²) >= 11 is 0.865. The number of aliphatic hydroxyl groups is 1. The van der Waals surface area contributed by atoms with Crippen molar-refractivity contribution in [1.82, 2.24) is 0 Å². The molecule has 0 saturated carbocycles. The SMILES string of the molecule is CC(=O)OC[C@H]1O[C@@H](SC[C@H]2OC(O)[C@H](OC(C)=O)[C@@H](OC(C)=O)[C@@H]2OC(C)=O)[C@H](OC(C)=O)[C@@H](OC(C)=O)[C@@H]1OC(C)=O. The molecule has 0 amide bonds. The van der Waals surface area contributed by atoms with Gasteiger partial charge in [0, 0.05) is 54.2 Å². The van der Waals surface area contributed by atoms with Crippen LogP contribution in [-0.2, 0) is 76.2 Å². The lowest BCUT2D eigenvalue weighted by Gasteiger charge is -2.45. The standard InChI is InChI=1S/C26H36O17S/c1-10(27)35-8-17-19(36-11(2)28)22(39-14(5)31)24(41-16(7)33)26(43-17)44-9-18-20(37-12(3)29)21(38-13(4)30)23(25(34)42-18)40-15(6)32/h17-26,34H,8-9H2,1-7H3/t17-,18-,19-,20-,21+,22+,23-,24-,25?,26+/m1/s1. The highest BCUT2D eigenvalue weighted by atomic mass is 32.2. The van der Waals surface area contributed by atoms with Crippen LogP contribution in [0.4, 0.5) is 0 Å². The number of esters is 7. The largest absolute Gasteiger partial charge is 0.463 e. The Morgan fingerprint density at radius 1 is 0.523 bits per heavy atom. The molecule has 2 rings (SSSR count). The average Bonchev–Trinajstić information content (AvgIpc) is 2.87. The van der Waals surface area contributed by atoms with E-state index in [0.717, 1.165) is 60.2 Å². The molecule has 2 heterocycles. The fourth-order valence-electron chi connectivity index (χ4n) is 4.52. The van der Waals surface area contributed by atoms with E-state index in [4.69, 9.17) is 42.6 Å². The number of rotatable bonds is 11. The zero-order valence-electron chi connectivity index (χ0n) is 25.1. The Bertz CT molecular complexity index is 1090. The maximum Gasteiger partial charge on any atom is 0.303 e. The van der Waals surface area contributed by atoms with E-state index < -0.39 is 109 Å². The van der Waals surface area contributed by atoms with Crippen molar-refractivity contribution in [2.45, 2.75) is 109 Å². The molecule has 1 N–H and O–H groups in total. The van der Waals surface area contributed by atoms with Crippen LogP contribution in [0.3, 0.4) is 0 Å². The van der Waals surface area contributed by atoms with Crippen LogP contribution in [0.25, 0.3) is 0 Å². The Hall–Kier alpha value is -3.48. The fraction of sp³-hybridized carbons (Fsp3) is 0.731. The predicted octanol–water partition coefficient (Wildman–Crippen LogP) is -0.685. The van der Waals surface area contributed by atoms with Gasteiger partial charge in [0.2, 0.25) is 0 Å². The van der Waals surface area contributed by atoms with Gasteiger partial charge in [0.25, 0.3) is 0 Å². The molecule has 0 aliphatic carbocycles. The van der Waals surface area contributed by atoms with Gasteiger partial charge in [-0.1, -0.05) is 0 Å². The van der Waals surface area contributed by atoms with Crippen LogP contribution in [0.2, 0.25) is 0 Å². The van der Waals surface area contributed by atoms with Crippen molar-refractivity contribution in [3.8, 4) is 0 Å². The molecular formula is C26H36O17S. The monoisotopic (exact) mass is 652 g/mol. The van der Waals surface area contributed by atoms with Crippen LogP contribution >= 0.6 is 11.8 Å². The van der Waals surface area contributed by atoms with Gasteiger partial charge in [-0.2, -0.15) is 0 Å². The third-order valence-electron chi connectivity index (χ3n) is 5.89. The van der Waals surface area contributed by atoms with E-state index in [9.17, 15) is 38.7 Å². The van der Waals surface area contributed by atoms with Gasteiger partial charge in [-0.25, -0.2) is 0 Å². The first-order valence-electron chi connectivity index (χ1n) is 13.3. The summed E-state index contributed by atoms with van der Waals surface area (Å²) in [5.74, 6) is -5.88. The van der Waals surface area contributed by atoms with E-state index in [1.165, 1.54) is 0 Å². The maximum absolute atomic E-state index is 12.1. The van der Waals surface area contributed by atoms with Gasteiger partial charge in [-0.15, -0.1) is 11.8 Å². The molecule has 0 aromatic heterocycles. The molecule has 2 aliphatic heterocycles. The lowest BCUT2D eigenvalue weighted by Crippen LogP contribution is -2.63. The van der Waals surface area contributed by atoms with E-state index in [2.05, 4.69) is 0 Å². The summed E-state index contributed by atoms with van der Waals surface area (Å²) in [6.07, 6.45) is -13.0. The van der Waals surface area contributed by atoms with E-state index in [-0.39, 0.29) is 5.75 Å². The normalized spacial score (nSPS) is 31.5. The van der Waals surface area contributed by atoms with Crippen molar-refractivity contribution < 1.29 is 81.3 Å². The number of ether oxygens (including phenoxy) is 9. The van der Waals surface area contributed by atoms with E-state index >= 15 is 0 Å². The van der Waals surface area contributed by atoms with Gasteiger partial charge in [-0.3, -0.25) is 33.6 Å². The summed E-state index contributed by atoms with van der Waals surface area (Å²) in [5.41, 5.74) is -1.23. The molecule has 2 saturated heterocycles. The number of carbonyl (C=O) groups is 7. The Kier molecular flexibility index (Phi) is 13.8. The number of hydrogen-bond donors (Lipinski definition) is 1. The smallest absolute Gasteiger partial charge is 0.303 e. The number of hydrogen-bond acceptors (Lipinski definition) is 18. The van der Waals surface area contributed by atoms with Crippen molar-refractivity contribution >= 4 is 53.5 Å². The van der Waals surface area contributed by atoms with Crippen molar-refractivity contribution in [2.24, 2.45) is 0 Å². The third kappa shape index (κ3) is 10.9. The van der Waals surface area contributed by atoms with Crippen molar-refractivity contribution in [2.75, 3.05) is 12.4 Å². The van der Waals surface area contributed by atoms with Gasteiger partial charge in [0.15, 0.2) is 42.9 Å². The van der Waals surface area contributed by atoms with Crippen LogP contribution in [-0.4, -0.2) is 120 Å². The van der Waals surface area contributed by atoms with Crippen LogP contribution in [0.1, 0.15) is 48.5 Å². The van der Waals surface area contributed by atoms with E-state index in [1.807, 2.05) is 0 Å². The molecule has 18 heteroatoms. The molecule has 0 spiro atoms. The Labute approximate surface area is 256 Å². The Morgan fingerprint density at radius 2 is 0.909 bits per heavy atom. The van der Waals surface area contributed by atoms with Gasteiger partial charge in [0.1, 0.15) is 24.3 Å². The molecule has 0 bridgehead atoms. The molecule has 2 aliphatic rings. The Morgan fingerprint density at radius 3 is 1.36 bits per heavy atom. The van der Waals surface area contributed by atoms with Gasteiger partial charge in [0.05, 0.1) is 0 Å². The molecule has 0 aromatic carbocycles. The maximum atomic E-state index is 12.1.